The molecular weight excluding hydrogens is 176 g/mol. The van der Waals surface area contributed by atoms with Crippen LogP contribution in [0.15, 0.2) is 30.6 Å². The summed E-state index contributed by atoms with van der Waals surface area (Å²) in [6.07, 6.45) is 3.67. The third kappa shape index (κ3) is 1.71. The van der Waals surface area contributed by atoms with Gasteiger partial charge < -0.3 is 4.74 Å². The Labute approximate surface area is 83.3 Å². The van der Waals surface area contributed by atoms with Gasteiger partial charge in [-0.2, -0.15) is 0 Å². The summed E-state index contributed by atoms with van der Waals surface area (Å²) in [6, 6.07) is 5.85. The molecule has 0 amide bonds. The highest BCUT2D eigenvalue weighted by molar-refractivity contribution is 5.41. The number of aromatic nitrogens is 2. The number of pyridine rings is 1. The molecule has 2 aromatic rings. The van der Waals surface area contributed by atoms with Crippen LogP contribution < -0.4 is 4.74 Å². The molecule has 0 atom stereocenters. The van der Waals surface area contributed by atoms with Crippen molar-refractivity contribution in [2.75, 3.05) is 0 Å². The number of nitrogens with zero attached hydrogens (tertiary/aromatic N) is 2. The number of ether oxygens (including phenoxy) is 1. The van der Waals surface area contributed by atoms with E-state index in [9.17, 15) is 0 Å². The summed E-state index contributed by atoms with van der Waals surface area (Å²) >= 11 is 0. The van der Waals surface area contributed by atoms with Crippen molar-refractivity contribution in [2.24, 2.45) is 0 Å². The maximum atomic E-state index is 5.80. The van der Waals surface area contributed by atoms with Crippen LogP contribution in [-0.2, 0) is 0 Å². The van der Waals surface area contributed by atoms with E-state index in [1.165, 1.54) is 0 Å². The van der Waals surface area contributed by atoms with Crippen LogP contribution in [0.5, 0.6) is 5.88 Å². The Hall–Kier alpha value is -1.51. The van der Waals surface area contributed by atoms with E-state index in [1.807, 2.05) is 49.6 Å². The molecule has 0 aromatic carbocycles. The molecule has 2 rings (SSSR count). The molecule has 0 saturated heterocycles. The maximum Gasteiger partial charge on any atom is 0.199 e. The van der Waals surface area contributed by atoms with E-state index >= 15 is 0 Å². The van der Waals surface area contributed by atoms with Gasteiger partial charge in [0.1, 0.15) is 11.2 Å². The topological polar surface area (TPSA) is 26.5 Å². The van der Waals surface area contributed by atoms with Crippen LogP contribution in [0.4, 0.5) is 0 Å². The molecule has 74 valence electrons. The van der Waals surface area contributed by atoms with Crippen LogP contribution in [0.3, 0.4) is 0 Å². The lowest BCUT2D eigenvalue weighted by Crippen LogP contribution is -2.24. The monoisotopic (exact) mass is 190 g/mol. The number of hydrogen-bond donors (Lipinski definition) is 0. The molecule has 0 bridgehead atoms. The molecule has 0 aliphatic rings. The van der Waals surface area contributed by atoms with Gasteiger partial charge in [-0.1, -0.05) is 6.07 Å². The zero-order chi connectivity index (χ0) is 10.2. The Bertz CT molecular complexity index is 440. The molecule has 0 aliphatic carbocycles. The lowest BCUT2D eigenvalue weighted by molar-refractivity contribution is 0.122. The van der Waals surface area contributed by atoms with E-state index < -0.39 is 0 Å². The van der Waals surface area contributed by atoms with Gasteiger partial charge in [0.05, 0.1) is 0 Å². The minimum atomic E-state index is -0.182. The molecule has 0 fully saturated rings. The molecule has 0 N–H and O–H groups in total. The van der Waals surface area contributed by atoms with Gasteiger partial charge in [-0.25, -0.2) is 4.98 Å². The van der Waals surface area contributed by atoms with Crippen molar-refractivity contribution in [1.82, 2.24) is 9.38 Å². The van der Waals surface area contributed by atoms with Crippen molar-refractivity contribution >= 4 is 5.65 Å². The minimum absolute atomic E-state index is 0.182. The van der Waals surface area contributed by atoms with E-state index in [1.54, 1.807) is 6.20 Å². The average molecular weight is 190 g/mol. The fraction of sp³-hybridized carbons (Fsp3) is 0.364. The standard InChI is InChI=1S/C11H14N2O/c1-11(2,3)14-10-6-4-5-9-12-7-8-13(9)10/h4-8H,1-3H3. The van der Waals surface area contributed by atoms with Crippen molar-refractivity contribution < 1.29 is 4.74 Å². The molecule has 0 saturated carbocycles. The predicted molar refractivity (Wildman–Crippen MR) is 55.6 cm³/mol. The summed E-state index contributed by atoms with van der Waals surface area (Å²) in [5, 5.41) is 0. The van der Waals surface area contributed by atoms with Crippen LogP contribution in [-0.4, -0.2) is 15.0 Å². The average Bonchev–Trinajstić information content (AvgIpc) is 2.49. The summed E-state index contributed by atoms with van der Waals surface area (Å²) in [5.41, 5.74) is 0.727. The number of rotatable bonds is 1. The summed E-state index contributed by atoms with van der Waals surface area (Å²) < 4.78 is 7.73. The zero-order valence-corrected chi connectivity index (χ0v) is 8.69. The van der Waals surface area contributed by atoms with Gasteiger partial charge in [0.2, 0.25) is 0 Å². The summed E-state index contributed by atoms with van der Waals surface area (Å²) in [7, 11) is 0. The van der Waals surface area contributed by atoms with Crippen molar-refractivity contribution in [3.05, 3.63) is 30.6 Å². The second-order valence-electron chi connectivity index (χ2n) is 4.23. The first kappa shape index (κ1) is 9.06. The van der Waals surface area contributed by atoms with Crippen LogP contribution in [0.25, 0.3) is 5.65 Å². The SMILES string of the molecule is CC(C)(C)Oc1cccc2nccn12. The third-order valence-corrected chi connectivity index (χ3v) is 1.80. The minimum Gasteiger partial charge on any atom is -0.473 e. The first-order valence-electron chi connectivity index (χ1n) is 4.67. The third-order valence-electron chi connectivity index (χ3n) is 1.80. The van der Waals surface area contributed by atoms with Crippen molar-refractivity contribution in [2.45, 2.75) is 26.4 Å². The Balaban J connectivity index is 2.46. The highest BCUT2D eigenvalue weighted by Gasteiger charge is 2.13. The zero-order valence-electron chi connectivity index (χ0n) is 8.69. The summed E-state index contributed by atoms with van der Waals surface area (Å²) in [4.78, 5) is 4.19. The fourth-order valence-electron chi connectivity index (χ4n) is 1.32. The van der Waals surface area contributed by atoms with Gasteiger partial charge in [0, 0.05) is 12.4 Å². The molecule has 3 heteroatoms. The second-order valence-corrected chi connectivity index (χ2v) is 4.23. The van der Waals surface area contributed by atoms with Gasteiger partial charge in [-0.05, 0) is 32.9 Å². The van der Waals surface area contributed by atoms with E-state index in [2.05, 4.69) is 4.98 Å². The largest absolute Gasteiger partial charge is 0.473 e. The van der Waals surface area contributed by atoms with Gasteiger partial charge in [-0.15, -0.1) is 0 Å². The van der Waals surface area contributed by atoms with Gasteiger partial charge >= 0.3 is 0 Å². The molecule has 0 radical (unpaired) electrons. The van der Waals surface area contributed by atoms with Crippen molar-refractivity contribution in [3.63, 3.8) is 0 Å². The molecule has 2 heterocycles. The molecule has 2 aromatic heterocycles. The van der Waals surface area contributed by atoms with E-state index in [4.69, 9.17) is 4.74 Å². The van der Waals surface area contributed by atoms with Crippen LogP contribution in [0.1, 0.15) is 20.8 Å². The smallest absolute Gasteiger partial charge is 0.199 e. The van der Waals surface area contributed by atoms with Gasteiger partial charge in [0.15, 0.2) is 5.88 Å². The molecule has 14 heavy (non-hydrogen) atoms. The second kappa shape index (κ2) is 3.01. The quantitative estimate of drug-likeness (QED) is 0.690. The normalized spacial score (nSPS) is 11.9. The summed E-state index contributed by atoms with van der Waals surface area (Å²) in [5.74, 6) is 0.826. The predicted octanol–water partition coefficient (Wildman–Crippen LogP) is 2.51. The molecule has 3 nitrogen and oxygen atoms in total. The highest BCUT2D eigenvalue weighted by atomic mass is 16.5. The molecule has 0 aliphatic heterocycles. The fourth-order valence-corrected chi connectivity index (χ4v) is 1.32. The number of hydrogen-bond acceptors (Lipinski definition) is 2. The highest BCUT2D eigenvalue weighted by Crippen LogP contribution is 2.18. The van der Waals surface area contributed by atoms with Crippen LogP contribution in [0, 0.1) is 0 Å². The van der Waals surface area contributed by atoms with Crippen LogP contribution >= 0.6 is 0 Å². The van der Waals surface area contributed by atoms with Crippen molar-refractivity contribution in [3.8, 4) is 5.88 Å². The van der Waals surface area contributed by atoms with E-state index in [0.29, 0.717) is 0 Å². The Morgan fingerprint density at radius 1 is 1.29 bits per heavy atom. The first-order chi connectivity index (χ1) is 6.56. The van der Waals surface area contributed by atoms with Crippen molar-refractivity contribution in [1.29, 1.82) is 0 Å². The summed E-state index contributed by atoms with van der Waals surface area (Å²) in [6.45, 7) is 6.09. The molecule has 0 unspecified atom stereocenters. The Morgan fingerprint density at radius 2 is 2.07 bits per heavy atom. The number of imidazole rings is 1. The Kier molecular flexibility index (Phi) is 1.95. The van der Waals surface area contributed by atoms with Crippen LogP contribution in [0.2, 0.25) is 0 Å². The first-order valence-corrected chi connectivity index (χ1v) is 4.67. The Morgan fingerprint density at radius 3 is 2.79 bits per heavy atom. The van der Waals surface area contributed by atoms with Gasteiger partial charge in [-0.3, -0.25) is 4.40 Å². The van der Waals surface area contributed by atoms with E-state index in [0.717, 1.165) is 11.5 Å². The number of fused-ring (bicyclic) bond motifs is 1. The van der Waals surface area contributed by atoms with E-state index in [-0.39, 0.29) is 5.60 Å². The molecule has 0 spiro atoms. The molecular formula is C11H14N2O. The lowest BCUT2D eigenvalue weighted by Gasteiger charge is -2.21. The lowest BCUT2D eigenvalue weighted by atomic mass is 10.2. The maximum absolute atomic E-state index is 5.80. The van der Waals surface area contributed by atoms with Gasteiger partial charge in [0.25, 0.3) is 0 Å².